The zero-order valence-electron chi connectivity index (χ0n) is 28.8. The number of ketones is 1. The van der Waals surface area contributed by atoms with Crippen molar-refractivity contribution in [2.24, 2.45) is 17.4 Å². The summed E-state index contributed by atoms with van der Waals surface area (Å²) in [6, 6.07) is 5.63. The van der Waals surface area contributed by atoms with Crippen molar-refractivity contribution in [3.8, 4) is 0 Å². The normalized spacial score (nSPS) is 19.2. The quantitative estimate of drug-likeness (QED) is 0.125. The lowest BCUT2D eigenvalue weighted by molar-refractivity contribution is -0.142. The van der Waals surface area contributed by atoms with Crippen LogP contribution in [-0.2, 0) is 36.1 Å². The molecule has 2 aliphatic rings. The maximum Gasteiger partial charge on any atom is 0.407 e. The number of Topliss-reactive ketones (excluding diaryl/α,β-unsaturated/α-hetero) is 1. The summed E-state index contributed by atoms with van der Waals surface area (Å²) in [5, 5.41) is 24.1. The zero-order chi connectivity index (χ0) is 35.6. The molecule has 0 spiro atoms. The van der Waals surface area contributed by atoms with E-state index in [-0.39, 0.29) is 50.9 Å². The van der Waals surface area contributed by atoms with E-state index in [9.17, 15) is 29.1 Å². The predicted molar refractivity (Wildman–Crippen MR) is 185 cm³/mol. The molecule has 2 heterocycles. The van der Waals surface area contributed by atoms with Crippen molar-refractivity contribution in [3.05, 3.63) is 47.8 Å². The molecule has 1 saturated carbocycles. The predicted octanol–water partition coefficient (Wildman–Crippen LogP) is 2.00. The Bertz CT molecular complexity index is 1440. The number of nitrogens with zero attached hydrogens (tertiary/aromatic N) is 4. The van der Waals surface area contributed by atoms with E-state index < -0.39 is 53.5 Å². The Hall–Kier alpha value is -4.08. The number of primary amides is 1. The Balaban J connectivity index is 0.00000676. The van der Waals surface area contributed by atoms with Crippen LogP contribution >= 0.6 is 12.4 Å². The van der Waals surface area contributed by atoms with Crippen LogP contribution in [0.25, 0.3) is 0 Å². The van der Waals surface area contributed by atoms with Crippen molar-refractivity contribution < 1.29 is 33.8 Å². The summed E-state index contributed by atoms with van der Waals surface area (Å²) in [5.74, 6) is -2.86. The Morgan fingerprint density at radius 2 is 1.78 bits per heavy atom. The van der Waals surface area contributed by atoms with E-state index in [4.69, 9.17) is 16.2 Å². The third-order valence-corrected chi connectivity index (χ3v) is 9.32. The molecule has 2 aromatic rings. The van der Waals surface area contributed by atoms with Gasteiger partial charge in [-0.1, -0.05) is 67.6 Å². The first-order valence-corrected chi connectivity index (χ1v) is 17.1. The highest BCUT2D eigenvalue weighted by atomic mass is 35.5. The smallest absolute Gasteiger partial charge is 0.407 e. The number of amides is 4. The number of alkyl carbamates (subject to hydrolysis) is 1. The summed E-state index contributed by atoms with van der Waals surface area (Å²) >= 11 is 0. The number of benzene rings is 1. The Morgan fingerprint density at radius 1 is 1.08 bits per heavy atom. The van der Waals surface area contributed by atoms with Gasteiger partial charge in [-0.15, -0.1) is 17.5 Å². The van der Waals surface area contributed by atoms with Crippen LogP contribution < -0.4 is 22.1 Å². The minimum Gasteiger partial charge on any atom is -0.445 e. The van der Waals surface area contributed by atoms with Crippen LogP contribution in [0.15, 0.2) is 36.5 Å². The van der Waals surface area contributed by atoms with Gasteiger partial charge < -0.3 is 36.8 Å². The summed E-state index contributed by atoms with van der Waals surface area (Å²) in [6.07, 6.45) is 7.69. The van der Waals surface area contributed by atoms with Crippen LogP contribution in [0, 0.1) is 5.92 Å². The molecule has 0 radical (unpaired) electrons. The third kappa shape index (κ3) is 11.2. The fourth-order valence-corrected chi connectivity index (χ4v) is 6.68. The lowest BCUT2D eigenvalue weighted by atomic mass is 9.84. The zero-order valence-corrected chi connectivity index (χ0v) is 29.6. The highest BCUT2D eigenvalue weighted by Crippen LogP contribution is 2.33. The third-order valence-electron chi connectivity index (χ3n) is 9.32. The van der Waals surface area contributed by atoms with Crippen LogP contribution in [0.5, 0.6) is 0 Å². The van der Waals surface area contributed by atoms with Crippen LogP contribution in [-0.4, -0.2) is 85.8 Å². The van der Waals surface area contributed by atoms with Crippen molar-refractivity contribution in [2.75, 3.05) is 13.1 Å². The molecule has 50 heavy (non-hydrogen) atoms. The number of carbonyl (C=O) groups excluding carboxylic acids is 5. The molecule has 15 nitrogen and oxygen atoms in total. The van der Waals surface area contributed by atoms with Crippen LogP contribution in [0.4, 0.5) is 4.79 Å². The number of ether oxygens (including phenoxy) is 1. The Morgan fingerprint density at radius 3 is 2.44 bits per heavy atom. The first kappa shape index (κ1) is 40.4. The molecule has 4 rings (SSSR count). The van der Waals surface area contributed by atoms with Gasteiger partial charge in [-0.2, -0.15) is 0 Å². The van der Waals surface area contributed by atoms with Gasteiger partial charge in [0, 0.05) is 19.5 Å². The van der Waals surface area contributed by atoms with E-state index in [1.165, 1.54) is 22.2 Å². The summed E-state index contributed by atoms with van der Waals surface area (Å²) in [5.41, 5.74) is 11.8. The summed E-state index contributed by atoms with van der Waals surface area (Å²) in [6.45, 7) is 3.63. The fourth-order valence-electron chi connectivity index (χ4n) is 6.68. The second kappa shape index (κ2) is 18.8. The number of likely N-dealkylation sites (tertiary alicyclic amines) is 1. The summed E-state index contributed by atoms with van der Waals surface area (Å²) < 4.78 is 6.72. The van der Waals surface area contributed by atoms with E-state index >= 15 is 0 Å². The van der Waals surface area contributed by atoms with Gasteiger partial charge in [0.2, 0.25) is 17.6 Å². The van der Waals surface area contributed by atoms with Gasteiger partial charge in [-0.05, 0) is 51.0 Å². The first-order valence-electron chi connectivity index (χ1n) is 17.1. The molecular weight excluding hydrogens is 668 g/mol. The molecule has 7 N–H and O–H groups in total. The molecule has 1 aliphatic carbocycles. The lowest BCUT2D eigenvalue weighted by Crippen LogP contribution is -2.55. The maximum absolute atomic E-state index is 13.9. The van der Waals surface area contributed by atoms with Crippen LogP contribution in [0.3, 0.4) is 0 Å². The molecule has 2 fully saturated rings. The second-order valence-electron chi connectivity index (χ2n) is 13.6. The molecule has 1 aliphatic heterocycles. The van der Waals surface area contributed by atoms with Crippen molar-refractivity contribution >= 4 is 42.0 Å². The number of nitrogens with one attached hydrogen (secondary N) is 2. The molecule has 4 amide bonds. The van der Waals surface area contributed by atoms with Crippen molar-refractivity contribution in [3.63, 3.8) is 0 Å². The molecule has 1 aromatic heterocycles. The topological polar surface area (TPSA) is 225 Å². The Kier molecular flexibility index (Phi) is 15.2. The van der Waals surface area contributed by atoms with E-state index in [1.54, 1.807) is 13.8 Å². The minimum absolute atomic E-state index is 0. The number of rotatable bonds is 16. The molecule has 1 unspecified atom stereocenters. The van der Waals surface area contributed by atoms with Crippen molar-refractivity contribution in [2.45, 2.75) is 114 Å². The standard InChI is InChI=1S/C34H50N8O7.ClH/c1-34(2,48)28-19-38-40-42(28)24-18-27(41(20-24)32(46)25(35)17-22-11-5-3-6-12-22)31(45)39-26(29(43)30(36)44)15-9-10-16-37-33(47)49-21-23-13-7-4-8-14-23;/h4,7-8,13-14,19,22,24-27,48H,3,5-6,9-12,15-18,20-21,35H2,1-2H3,(H2,36,44)(H,37,47)(H,39,45);1H/t24-,25+,26?,27-;/m0./s1. The number of unbranched alkanes of at least 4 members (excludes halogenated alkanes) is 1. The summed E-state index contributed by atoms with van der Waals surface area (Å²) in [7, 11) is 0. The lowest BCUT2D eigenvalue weighted by Gasteiger charge is -2.30. The number of hydrogen-bond acceptors (Lipinski definition) is 10. The average molecular weight is 719 g/mol. The molecule has 1 saturated heterocycles. The summed E-state index contributed by atoms with van der Waals surface area (Å²) in [4.78, 5) is 65.9. The van der Waals surface area contributed by atoms with Gasteiger partial charge in [0.25, 0.3) is 5.91 Å². The number of halogens is 1. The highest BCUT2D eigenvalue weighted by molar-refractivity contribution is 6.37. The van der Waals surface area contributed by atoms with Crippen molar-refractivity contribution in [1.29, 1.82) is 0 Å². The first-order chi connectivity index (χ1) is 23.3. The average Bonchev–Trinajstić information content (AvgIpc) is 3.75. The molecule has 16 heteroatoms. The van der Waals surface area contributed by atoms with E-state index in [0.717, 1.165) is 31.2 Å². The van der Waals surface area contributed by atoms with Gasteiger partial charge in [0.15, 0.2) is 0 Å². The monoisotopic (exact) mass is 718 g/mol. The number of aromatic nitrogens is 3. The number of carbonyl (C=O) groups is 5. The van der Waals surface area contributed by atoms with Gasteiger partial charge in [-0.25, -0.2) is 9.48 Å². The fraction of sp³-hybridized carbons (Fsp3) is 0.618. The van der Waals surface area contributed by atoms with Gasteiger partial charge in [-0.3, -0.25) is 19.2 Å². The van der Waals surface area contributed by atoms with Crippen LogP contribution in [0.2, 0.25) is 0 Å². The number of aliphatic hydroxyl groups is 1. The molecule has 276 valence electrons. The molecular formula is C34H51ClN8O7. The number of nitrogens with two attached hydrogens (primary N) is 2. The van der Waals surface area contributed by atoms with Crippen LogP contribution in [0.1, 0.15) is 95.4 Å². The number of hydrogen-bond donors (Lipinski definition) is 5. The highest BCUT2D eigenvalue weighted by Gasteiger charge is 2.44. The largest absolute Gasteiger partial charge is 0.445 e. The van der Waals surface area contributed by atoms with Gasteiger partial charge >= 0.3 is 6.09 Å². The van der Waals surface area contributed by atoms with Gasteiger partial charge in [0.1, 0.15) is 18.2 Å². The second-order valence-corrected chi connectivity index (χ2v) is 13.6. The molecule has 4 atom stereocenters. The SMILES string of the molecule is CC(C)(O)c1cnnn1[C@H]1C[C@@H](C(=O)NC(CCCCNC(=O)OCc2ccccc2)C(=O)C(N)=O)N(C(=O)[C@H](N)CC2CCCCC2)C1.Cl. The molecule has 1 aromatic carbocycles. The molecule has 0 bridgehead atoms. The maximum atomic E-state index is 13.9. The van der Waals surface area contributed by atoms with E-state index in [1.807, 2.05) is 30.3 Å². The van der Waals surface area contributed by atoms with Gasteiger partial charge in [0.05, 0.1) is 30.0 Å². The van der Waals surface area contributed by atoms with E-state index in [2.05, 4.69) is 20.9 Å². The Labute approximate surface area is 298 Å². The van der Waals surface area contributed by atoms with Crippen molar-refractivity contribution in [1.82, 2.24) is 30.5 Å². The van der Waals surface area contributed by atoms with E-state index in [0.29, 0.717) is 30.9 Å². The minimum atomic E-state index is -1.29.